The summed E-state index contributed by atoms with van der Waals surface area (Å²) in [7, 11) is 0. The molecule has 180 valence electrons. The lowest BCUT2D eigenvalue weighted by atomic mass is 9.99. The molecule has 0 fully saturated rings. The third-order valence-electron chi connectivity index (χ3n) is 6.22. The fraction of sp³-hybridized carbons (Fsp3) is 0.407. The van der Waals surface area contributed by atoms with Crippen LogP contribution in [-0.2, 0) is 11.2 Å². The number of carbonyl (C=O) groups is 2. The number of thiophene rings is 2. The Hall–Kier alpha value is -2.64. The minimum Gasteiger partial charge on any atom is -0.491 e. The number of amides is 2. The molecule has 0 saturated heterocycles. The average molecular weight is 497 g/mol. The molecule has 0 N–H and O–H groups in total. The van der Waals surface area contributed by atoms with Gasteiger partial charge in [0.15, 0.2) is 0 Å². The highest BCUT2D eigenvalue weighted by molar-refractivity contribution is 7.12. The lowest BCUT2D eigenvalue weighted by Gasteiger charge is -2.40. The van der Waals surface area contributed by atoms with E-state index in [0.717, 1.165) is 23.3 Å². The topological polar surface area (TPSA) is 49.9 Å². The molecule has 0 radical (unpaired) electrons. The van der Waals surface area contributed by atoms with E-state index in [4.69, 9.17) is 4.74 Å². The van der Waals surface area contributed by atoms with Gasteiger partial charge in [-0.05, 0) is 81.1 Å². The zero-order valence-corrected chi connectivity index (χ0v) is 22.1. The fourth-order valence-corrected chi connectivity index (χ4v) is 5.98. The molecule has 34 heavy (non-hydrogen) atoms. The minimum atomic E-state index is -0.481. The molecule has 1 atom stereocenters. The molecular weight excluding hydrogens is 464 g/mol. The first kappa shape index (κ1) is 24.5. The number of aryl methyl sites for hydroxylation is 2. The molecule has 2 aromatic heterocycles. The van der Waals surface area contributed by atoms with Crippen LogP contribution < -0.4 is 4.74 Å². The van der Waals surface area contributed by atoms with Crippen LogP contribution in [0.3, 0.4) is 0 Å². The van der Waals surface area contributed by atoms with E-state index >= 15 is 0 Å². The summed E-state index contributed by atoms with van der Waals surface area (Å²) in [5.74, 6) is 0.683. The highest BCUT2D eigenvalue weighted by Crippen LogP contribution is 2.35. The van der Waals surface area contributed by atoms with Gasteiger partial charge in [-0.2, -0.15) is 0 Å². The van der Waals surface area contributed by atoms with Crippen LogP contribution in [-0.4, -0.2) is 46.8 Å². The molecule has 0 aliphatic carbocycles. The molecule has 3 aromatic rings. The van der Waals surface area contributed by atoms with E-state index in [1.807, 2.05) is 62.2 Å². The van der Waals surface area contributed by atoms with E-state index in [9.17, 15) is 9.59 Å². The minimum absolute atomic E-state index is 0.0414. The lowest BCUT2D eigenvalue weighted by Crippen LogP contribution is -2.53. The summed E-state index contributed by atoms with van der Waals surface area (Å²) >= 11 is 3.14. The predicted octanol–water partition coefficient (Wildman–Crippen LogP) is 5.87. The second-order valence-electron chi connectivity index (χ2n) is 9.77. The van der Waals surface area contributed by atoms with E-state index in [1.54, 1.807) is 16.2 Å². The number of hydrogen-bond acceptors (Lipinski definition) is 5. The maximum atomic E-state index is 13.7. The predicted molar refractivity (Wildman–Crippen MR) is 139 cm³/mol. The van der Waals surface area contributed by atoms with Crippen LogP contribution in [0.1, 0.15) is 58.1 Å². The number of benzene rings is 1. The maximum absolute atomic E-state index is 13.7. The molecule has 0 saturated carbocycles. The summed E-state index contributed by atoms with van der Waals surface area (Å²) in [4.78, 5) is 32.4. The second kappa shape index (κ2) is 9.92. The van der Waals surface area contributed by atoms with E-state index in [0.29, 0.717) is 18.0 Å². The smallest absolute Gasteiger partial charge is 0.264 e. The van der Waals surface area contributed by atoms with Crippen molar-refractivity contribution >= 4 is 34.5 Å². The summed E-state index contributed by atoms with van der Waals surface area (Å²) in [5, 5.41) is 3.98. The third kappa shape index (κ3) is 5.20. The second-order valence-corrected chi connectivity index (χ2v) is 11.7. The van der Waals surface area contributed by atoms with Gasteiger partial charge in [-0.3, -0.25) is 9.59 Å². The van der Waals surface area contributed by atoms with Crippen molar-refractivity contribution in [3.63, 3.8) is 0 Å². The van der Waals surface area contributed by atoms with Gasteiger partial charge in [-0.15, -0.1) is 22.7 Å². The molecule has 0 unspecified atom stereocenters. The molecule has 1 aromatic carbocycles. The normalized spacial score (nSPS) is 15.7. The van der Waals surface area contributed by atoms with Crippen LogP contribution in [0.5, 0.6) is 5.75 Å². The highest BCUT2D eigenvalue weighted by atomic mass is 32.1. The van der Waals surface area contributed by atoms with Crippen molar-refractivity contribution in [3.05, 3.63) is 73.6 Å². The molecule has 3 heterocycles. The molecule has 1 aliphatic heterocycles. The van der Waals surface area contributed by atoms with E-state index in [-0.39, 0.29) is 24.4 Å². The molecule has 0 bridgehead atoms. The third-order valence-corrected chi connectivity index (χ3v) is 8.08. The fourth-order valence-electron chi connectivity index (χ4n) is 4.38. The van der Waals surface area contributed by atoms with Crippen molar-refractivity contribution in [2.45, 2.75) is 52.6 Å². The van der Waals surface area contributed by atoms with Crippen LogP contribution in [0.15, 0.2) is 47.2 Å². The van der Waals surface area contributed by atoms with E-state index in [1.165, 1.54) is 21.8 Å². The Morgan fingerprint density at radius 2 is 1.91 bits per heavy atom. The summed E-state index contributed by atoms with van der Waals surface area (Å²) < 4.78 is 6.25. The van der Waals surface area contributed by atoms with Gasteiger partial charge in [-0.25, -0.2) is 0 Å². The van der Waals surface area contributed by atoms with Crippen molar-refractivity contribution in [2.75, 3.05) is 19.7 Å². The summed E-state index contributed by atoms with van der Waals surface area (Å²) in [6, 6.07) is 11.7. The van der Waals surface area contributed by atoms with Crippen molar-refractivity contribution in [2.24, 2.45) is 0 Å². The quantitative estimate of drug-likeness (QED) is 0.429. The number of ether oxygens (including phenoxy) is 1. The van der Waals surface area contributed by atoms with Gasteiger partial charge < -0.3 is 14.5 Å². The Bertz CT molecular complexity index is 1160. The summed E-state index contributed by atoms with van der Waals surface area (Å²) in [6.07, 6.45) is 0.827. The highest BCUT2D eigenvalue weighted by Gasteiger charge is 2.36. The van der Waals surface area contributed by atoms with Crippen LogP contribution >= 0.6 is 22.7 Å². The Labute approximate surface area is 210 Å². The van der Waals surface area contributed by atoms with Gasteiger partial charge >= 0.3 is 0 Å². The molecule has 5 nitrogen and oxygen atoms in total. The molecule has 7 heteroatoms. The van der Waals surface area contributed by atoms with Gasteiger partial charge in [0.25, 0.3) is 5.91 Å². The van der Waals surface area contributed by atoms with Crippen LogP contribution in [0.25, 0.3) is 0 Å². The van der Waals surface area contributed by atoms with Crippen LogP contribution in [0, 0.1) is 13.8 Å². The SMILES string of the molecule is Cc1ccc(OC[C@H]2c3ccsc3CCN2C(=O)CN(C(=O)c2cccs2)C(C)(C)C)c(C)c1. The van der Waals surface area contributed by atoms with Gasteiger partial charge in [-0.1, -0.05) is 23.8 Å². The Balaban J connectivity index is 1.56. The largest absolute Gasteiger partial charge is 0.491 e. The summed E-state index contributed by atoms with van der Waals surface area (Å²) in [6.45, 7) is 11.1. The van der Waals surface area contributed by atoms with Gasteiger partial charge in [0.05, 0.1) is 10.9 Å². The molecule has 0 spiro atoms. The standard InChI is InChI=1S/C27H32N2O3S2/c1-18-8-9-22(19(2)15-18)32-17-21-20-11-14-34-23(20)10-12-28(21)25(30)16-29(27(3,4)5)26(31)24-7-6-13-33-24/h6-9,11,13-15,21H,10,12,16-17H2,1-5H3/t21-/m0/s1. The van der Waals surface area contributed by atoms with Gasteiger partial charge in [0.2, 0.25) is 5.91 Å². The van der Waals surface area contributed by atoms with Crippen LogP contribution in [0.2, 0.25) is 0 Å². The molecule has 2 amide bonds. The first-order valence-corrected chi connectivity index (χ1v) is 13.3. The van der Waals surface area contributed by atoms with Crippen LogP contribution in [0.4, 0.5) is 0 Å². The molecular formula is C27H32N2O3S2. The van der Waals surface area contributed by atoms with E-state index in [2.05, 4.69) is 24.4 Å². The summed E-state index contributed by atoms with van der Waals surface area (Å²) in [5.41, 5.74) is 2.95. The van der Waals surface area contributed by atoms with Crippen molar-refractivity contribution in [1.82, 2.24) is 9.80 Å². The number of carbonyl (C=O) groups excluding carboxylic acids is 2. The molecule has 4 rings (SSSR count). The lowest BCUT2D eigenvalue weighted by molar-refractivity contribution is -0.136. The number of rotatable bonds is 6. The zero-order chi connectivity index (χ0) is 24.5. The van der Waals surface area contributed by atoms with E-state index < -0.39 is 5.54 Å². The first-order valence-electron chi connectivity index (χ1n) is 11.6. The first-order chi connectivity index (χ1) is 16.1. The van der Waals surface area contributed by atoms with Crippen molar-refractivity contribution < 1.29 is 14.3 Å². The average Bonchev–Trinajstić information content (AvgIpc) is 3.47. The number of hydrogen-bond donors (Lipinski definition) is 0. The maximum Gasteiger partial charge on any atom is 0.264 e. The Morgan fingerprint density at radius 3 is 2.59 bits per heavy atom. The monoisotopic (exact) mass is 496 g/mol. The van der Waals surface area contributed by atoms with Gasteiger partial charge in [0.1, 0.15) is 18.9 Å². The van der Waals surface area contributed by atoms with Crippen molar-refractivity contribution in [3.8, 4) is 5.75 Å². The van der Waals surface area contributed by atoms with Crippen molar-refractivity contribution in [1.29, 1.82) is 0 Å². The molecule has 1 aliphatic rings. The Kier molecular flexibility index (Phi) is 7.14. The zero-order valence-electron chi connectivity index (χ0n) is 20.5. The number of nitrogens with zero attached hydrogens (tertiary/aromatic N) is 2. The van der Waals surface area contributed by atoms with Gasteiger partial charge in [0, 0.05) is 17.0 Å². The number of fused-ring (bicyclic) bond motifs is 1. The Morgan fingerprint density at radius 1 is 1.12 bits per heavy atom.